The monoisotopic (exact) mass is 215 g/mol. The van der Waals surface area contributed by atoms with Gasteiger partial charge in [-0.2, -0.15) is 0 Å². The normalized spacial score (nSPS) is 9.56. The van der Waals surface area contributed by atoms with Gasteiger partial charge in [0.15, 0.2) is 0 Å². The van der Waals surface area contributed by atoms with Crippen LogP contribution in [0.4, 0.5) is 5.69 Å². The minimum absolute atomic E-state index is 0.367. The second-order valence-corrected chi connectivity index (χ2v) is 2.98. The summed E-state index contributed by atoms with van der Waals surface area (Å²) in [6.07, 6.45) is 2.75. The van der Waals surface area contributed by atoms with Crippen LogP contribution in [0.1, 0.15) is 12.5 Å². The summed E-state index contributed by atoms with van der Waals surface area (Å²) >= 11 is 0. The zero-order valence-electron chi connectivity index (χ0n) is 9.07. The van der Waals surface area contributed by atoms with Crippen LogP contribution in [0.5, 0.6) is 0 Å². The van der Waals surface area contributed by atoms with Crippen LogP contribution >= 0.6 is 0 Å². The average Bonchev–Trinajstić information content (AvgIpc) is 2.25. The maximum atomic E-state index is 10.9. The molecule has 2 N–H and O–H groups in total. The molecule has 0 saturated carbocycles. The Morgan fingerprint density at radius 3 is 3.06 bits per heavy atom. The minimum Gasteiger partial charge on any atom is -0.463 e. The number of benzene rings is 1. The van der Waals surface area contributed by atoms with Crippen LogP contribution in [-0.4, -0.2) is 12.6 Å². The van der Waals surface area contributed by atoms with Gasteiger partial charge >= 0.3 is 5.97 Å². The Balaban J connectivity index is 2.59. The number of nitrogens with two attached hydrogens (primary N) is 1. The number of hydrogen-bond donors (Lipinski definition) is 1. The fourth-order valence-corrected chi connectivity index (χ4v) is 1.04. The lowest BCUT2D eigenvalue weighted by atomic mass is 10.2. The summed E-state index contributed by atoms with van der Waals surface area (Å²) in [7, 11) is 0. The summed E-state index contributed by atoms with van der Waals surface area (Å²) in [6.45, 7) is 2.12. The van der Waals surface area contributed by atoms with Gasteiger partial charge in [0, 0.05) is 17.3 Å². The summed E-state index contributed by atoms with van der Waals surface area (Å²) in [4.78, 5) is 10.9. The third kappa shape index (κ3) is 4.34. The molecule has 0 radical (unpaired) electrons. The number of anilines is 1. The van der Waals surface area contributed by atoms with E-state index in [1.54, 1.807) is 19.1 Å². The SMILES string of the molecule is CCOC(=O)C=CC#Cc1cccc(N)c1. The van der Waals surface area contributed by atoms with Crippen molar-refractivity contribution in [2.75, 3.05) is 12.3 Å². The van der Waals surface area contributed by atoms with Crippen molar-refractivity contribution >= 4 is 11.7 Å². The van der Waals surface area contributed by atoms with E-state index in [-0.39, 0.29) is 5.97 Å². The predicted octanol–water partition coefficient (Wildman–Crippen LogP) is 1.74. The van der Waals surface area contributed by atoms with Crippen molar-refractivity contribution in [1.29, 1.82) is 0 Å². The van der Waals surface area contributed by atoms with Crippen LogP contribution < -0.4 is 5.73 Å². The van der Waals surface area contributed by atoms with Gasteiger partial charge in [0.05, 0.1) is 6.61 Å². The highest BCUT2D eigenvalue weighted by molar-refractivity contribution is 5.82. The molecule has 0 amide bonds. The molecule has 16 heavy (non-hydrogen) atoms. The molecule has 0 unspecified atom stereocenters. The van der Waals surface area contributed by atoms with Crippen LogP contribution in [0.15, 0.2) is 36.4 Å². The molecule has 0 aliphatic carbocycles. The molecule has 0 fully saturated rings. The minimum atomic E-state index is -0.385. The quantitative estimate of drug-likeness (QED) is 0.354. The average molecular weight is 215 g/mol. The second kappa shape index (κ2) is 6.31. The summed E-state index contributed by atoms with van der Waals surface area (Å²) < 4.78 is 4.70. The standard InChI is InChI=1S/C13H13NO2/c1-2-16-13(15)9-4-3-6-11-7-5-8-12(14)10-11/h4-5,7-10H,2,14H2,1H3. The number of allylic oxidation sites excluding steroid dienone is 1. The van der Waals surface area contributed by atoms with Crippen molar-refractivity contribution in [3.05, 3.63) is 42.0 Å². The molecule has 0 saturated heterocycles. The molecular weight excluding hydrogens is 202 g/mol. The first kappa shape index (κ1) is 11.9. The molecule has 3 nitrogen and oxygen atoms in total. The Morgan fingerprint density at radius 2 is 2.38 bits per heavy atom. The largest absolute Gasteiger partial charge is 0.463 e. The third-order valence-electron chi connectivity index (χ3n) is 1.69. The molecule has 1 rings (SSSR count). The second-order valence-electron chi connectivity index (χ2n) is 2.98. The fourth-order valence-electron chi connectivity index (χ4n) is 1.04. The summed E-state index contributed by atoms with van der Waals surface area (Å²) in [5, 5.41) is 0. The third-order valence-corrected chi connectivity index (χ3v) is 1.69. The number of carbonyl (C=O) groups excluding carboxylic acids is 1. The van der Waals surface area contributed by atoms with Gasteiger partial charge in [0.2, 0.25) is 0 Å². The van der Waals surface area contributed by atoms with Gasteiger partial charge < -0.3 is 10.5 Å². The van der Waals surface area contributed by atoms with E-state index >= 15 is 0 Å². The van der Waals surface area contributed by atoms with Gasteiger partial charge in [-0.05, 0) is 31.2 Å². The van der Waals surface area contributed by atoms with Gasteiger partial charge in [-0.3, -0.25) is 0 Å². The number of ether oxygens (including phenoxy) is 1. The molecule has 0 bridgehead atoms. The van der Waals surface area contributed by atoms with Gasteiger partial charge in [0.25, 0.3) is 0 Å². The molecule has 1 aromatic rings. The zero-order chi connectivity index (χ0) is 11.8. The first-order chi connectivity index (χ1) is 7.72. The molecule has 0 aliphatic heterocycles. The summed E-state index contributed by atoms with van der Waals surface area (Å²) in [5.74, 6) is 5.20. The van der Waals surface area contributed by atoms with E-state index in [1.807, 2.05) is 12.1 Å². The Labute approximate surface area is 94.9 Å². The highest BCUT2D eigenvalue weighted by Crippen LogP contribution is 2.04. The molecule has 82 valence electrons. The van der Waals surface area contributed by atoms with E-state index in [0.717, 1.165) is 5.56 Å². The summed E-state index contributed by atoms with van der Waals surface area (Å²) in [6, 6.07) is 7.24. The lowest BCUT2D eigenvalue weighted by Crippen LogP contribution is -1.98. The molecule has 0 atom stereocenters. The molecule has 0 aliphatic rings. The molecule has 1 aromatic carbocycles. The highest BCUT2D eigenvalue weighted by Gasteiger charge is 1.90. The van der Waals surface area contributed by atoms with E-state index in [2.05, 4.69) is 11.8 Å². The molecule has 0 aromatic heterocycles. The van der Waals surface area contributed by atoms with E-state index in [1.165, 1.54) is 12.2 Å². The molecule has 3 heteroatoms. The fraction of sp³-hybridized carbons (Fsp3) is 0.154. The van der Waals surface area contributed by atoms with E-state index in [0.29, 0.717) is 12.3 Å². The zero-order valence-corrected chi connectivity index (χ0v) is 9.07. The van der Waals surface area contributed by atoms with Crippen molar-refractivity contribution in [2.24, 2.45) is 0 Å². The molecular formula is C13H13NO2. The van der Waals surface area contributed by atoms with Crippen molar-refractivity contribution < 1.29 is 9.53 Å². The smallest absolute Gasteiger partial charge is 0.331 e. The van der Waals surface area contributed by atoms with E-state index < -0.39 is 0 Å². The van der Waals surface area contributed by atoms with Gasteiger partial charge in [-0.25, -0.2) is 4.79 Å². The first-order valence-electron chi connectivity index (χ1n) is 4.92. The maximum Gasteiger partial charge on any atom is 0.331 e. The van der Waals surface area contributed by atoms with Crippen LogP contribution in [-0.2, 0) is 9.53 Å². The Bertz CT molecular complexity index is 452. The Morgan fingerprint density at radius 1 is 1.56 bits per heavy atom. The van der Waals surface area contributed by atoms with Crippen molar-refractivity contribution in [1.82, 2.24) is 0 Å². The van der Waals surface area contributed by atoms with E-state index in [9.17, 15) is 4.79 Å². The van der Waals surface area contributed by atoms with Crippen LogP contribution in [0.3, 0.4) is 0 Å². The van der Waals surface area contributed by atoms with Gasteiger partial charge in [-0.15, -0.1) is 0 Å². The number of carbonyl (C=O) groups is 1. The number of esters is 1. The topological polar surface area (TPSA) is 52.3 Å². The number of nitrogen functional groups attached to an aromatic ring is 1. The lowest BCUT2D eigenvalue weighted by Gasteiger charge is -1.92. The lowest BCUT2D eigenvalue weighted by molar-refractivity contribution is -0.137. The Kier molecular flexibility index (Phi) is 4.68. The van der Waals surface area contributed by atoms with Crippen molar-refractivity contribution in [2.45, 2.75) is 6.92 Å². The van der Waals surface area contributed by atoms with Crippen LogP contribution in [0, 0.1) is 11.8 Å². The number of hydrogen-bond acceptors (Lipinski definition) is 3. The highest BCUT2D eigenvalue weighted by atomic mass is 16.5. The van der Waals surface area contributed by atoms with Crippen molar-refractivity contribution in [3.63, 3.8) is 0 Å². The van der Waals surface area contributed by atoms with Gasteiger partial charge in [-0.1, -0.05) is 17.9 Å². The summed E-state index contributed by atoms with van der Waals surface area (Å²) in [5.41, 5.74) is 7.07. The van der Waals surface area contributed by atoms with Crippen LogP contribution in [0.2, 0.25) is 0 Å². The predicted molar refractivity (Wildman–Crippen MR) is 63.5 cm³/mol. The maximum absolute atomic E-state index is 10.9. The number of rotatable bonds is 2. The first-order valence-corrected chi connectivity index (χ1v) is 4.92. The van der Waals surface area contributed by atoms with E-state index in [4.69, 9.17) is 10.5 Å². The molecule has 0 spiro atoms. The van der Waals surface area contributed by atoms with Crippen molar-refractivity contribution in [3.8, 4) is 11.8 Å². The van der Waals surface area contributed by atoms with Crippen LogP contribution in [0.25, 0.3) is 0 Å². The Hall–Kier alpha value is -2.21. The molecule has 0 heterocycles. The van der Waals surface area contributed by atoms with Gasteiger partial charge in [0.1, 0.15) is 0 Å².